The van der Waals surface area contributed by atoms with Gasteiger partial charge in [-0.1, -0.05) is 0 Å². The Labute approximate surface area is 109 Å². The summed E-state index contributed by atoms with van der Waals surface area (Å²) >= 11 is 0. The molecule has 0 aliphatic heterocycles. The van der Waals surface area contributed by atoms with Gasteiger partial charge >= 0.3 is 5.97 Å². The fraction of sp³-hybridized carbons (Fsp3) is 0.308. The molecule has 1 aromatic heterocycles. The van der Waals surface area contributed by atoms with E-state index in [1.165, 1.54) is 0 Å². The Hall–Kier alpha value is -2.21. The Kier molecular flexibility index (Phi) is 3.35. The number of carboxylic acids is 1. The van der Waals surface area contributed by atoms with Crippen LogP contribution in [-0.2, 0) is 18.3 Å². The quantitative estimate of drug-likeness (QED) is 0.820. The summed E-state index contributed by atoms with van der Waals surface area (Å²) in [6.45, 7) is 1.88. The van der Waals surface area contributed by atoms with Crippen LogP contribution in [0.5, 0.6) is 0 Å². The van der Waals surface area contributed by atoms with Crippen molar-refractivity contribution in [3.05, 3.63) is 34.4 Å². The third-order valence-corrected chi connectivity index (χ3v) is 3.15. The smallest absolute Gasteiger partial charge is 0.320 e. The highest BCUT2D eigenvalue weighted by atomic mass is 16.4. The van der Waals surface area contributed by atoms with Crippen molar-refractivity contribution >= 4 is 22.6 Å². The second kappa shape index (κ2) is 4.81. The zero-order valence-electron chi connectivity index (χ0n) is 10.8. The molecule has 0 aliphatic rings. The van der Waals surface area contributed by atoms with Gasteiger partial charge in [-0.15, -0.1) is 4.91 Å². The number of carboxylic acid groups (broad SMARTS) is 1. The number of fused-ring (bicyclic) bond motifs is 1. The average Bonchev–Trinajstić information content (AvgIpc) is 2.65. The third-order valence-electron chi connectivity index (χ3n) is 3.15. The molecule has 1 heterocycles. The maximum Gasteiger partial charge on any atom is 0.320 e. The molecule has 0 bridgehead atoms. The standard InChI is InChI=1S/C13H15N3O3/c1-7-3-10(15-19)12-8(5-9(14)13(17)18)6-16(2)11(12)4-7/h3-4,6,9H,5,14H2,1-2H3,(H,17,18). The highest BCUT2D eigenvalue weighted by molar-refractivity contribution is 5.95. The van der Waals surface area contributed by atoms with Gasteiger partial charge in [0, 0.05) is 25.1 Å². The molecule has 19 heavy (non-hydrogen) atoms. The van der Waals surface area contributed by atoms with Crippen LogP contribution in [0.3, 0.4) is 0 Å². The number of carbonyl (C=O) groups is 1. The Morgan fingerprint density at radius 1 is 1.53 bits per heavy atom. The molecule has 1 aromatic carbocycles. The first-order chi connectivity index (χ1) is 8.93. The lowest BCUT2D eigenvalue weighted by molar-refractivity contribution is -0.138. The van der Waals surface area contributed by atoms with Crippen molar-refractivity contribution < 1.29 is 9.90 Å². The van der Waals surface area contributed by atoms with E-state index in [1.54, 1.807) is 12.3 Å². The van der Waals surface area contributed by atoms with Gasteiger partial charge in [-0.05, 0) is 35.4 Å². The maximum atomic E-state index is 10.9. The number of hydrogen-bond acceptors (Lipinski definition) is 4. The molecule has 2 rings (SSSR count). The molecule has 0 fully saturated rings. The molecule has 6 nitrogen and oxygen atoms in total. The van der Waals surface area contributed by atoms with Crippen molar-refractivity contribution in [3.8, 4) is 0 Å². The molecule has 1 atom stereocenters. The van der Waals surface area contributed by atoms with Crippen molar-refractivity contribution in [3.63, 3.8) is 0 Å². The van der Waals surface area contributed by atoms with E-state index < -0.39 is 12.0 Å². The summed E-state index contributed by atoms with van der Waals surface area (Å²) < 4.78 is 1.85. The molecular weight excluding hydrogens is 246 g/mol. The average molecular weight is 261 g/mol. The SMILES string of the molecule is Cc1cc(N=O)c2c(CC(N)C(=O)O)cn(C)c2c1. The molecule has 1 unspecified atom stereocenters. The summed E-state index contributed by atoms with van der Waals surface area (Å²) in [5.74, 6) is -1.07. The van der Waals surface area contributed by atoms with E-state index in [-0.39, 0.29) is 6.42 Å². The second-order valence-electron chi connectivity index (χ2n) is 4.68. The van der Waals surface area contributed by atoms with E-state index in [2.05, 4.69) is 5.18 Å². The summed E-state index contributed by atoms with van der Waals surface area (Å²) in [4.78, 5) is 21.8. The van der Waals surface area contributed by atoms with Crippen LogP contribution in [0.25, 0.3) is 10.9 Å². The van der Waals surface area contributed by atoms with Crippen LogP contribution in [0.2, 0.25) is 0 Å². The first-order valence-electron chi connectivity index (χ1n) is 5.84. The normalized spacial score (nSPS) is 12.6. The number of nitroso groups, excluding NO2 is 1. The molecule has 100 valence electrons. The van der Waals surface area contributed by atoms with Crippen LogP contribution in [0.4, 0.5) is 5.69 Å². The van der Waals surface area contributed by atoms with Crippen molar-refractivity contribution in [2.75, 3.05) is 0 Å². The van der Waals surface area contributed by atoms with Gasteiger partial charge in [0.2, 0.25) is 0 Å². The zero-order chi connectivity index (χ0) is 14.2. The fourth-order valence-corrected chi connectivity index (χ4v) is 2.27. The van der Waals surface area contributed by atoms with Gasteiger partial charge in [-0.2, -0.15) is 0 Å². The summed E-state index contributed by atoms with van der Waals surface area (Å²) in [6, 6.07) is 2.62. The number of hydrogen-bond donors (Lipinski definition) is 2. The number of aliphatic carboxylic acids is 1. The van der Waals surface area contributed by atoms with Gasteiger partial charge in [-0.3, -0.25) is 4.79 Å². The van der Waals surface area contributed by atoms with Crippen LogP contribution in [0, 0.1) is 11.8 Å². The van der Waals surface area contributed by atoms with E-state index in [4.69, 9.17) is 10.8 Å². The van der Waals surface area contributed by atoms with Crippen molar-refractivity contribution in [2.45, 2.75) is 19.4 Å². The molecule has 2 aromatic rings. The topological polar surface area (TPSA) is 97.7 Å². The van der Waals surface area contributed by atoms with Crippen LogP contribution in [0.1, 0.15) is 11.1 Å². The first kappa shape index (κ1) is 13.2. The molecular formula is C13H15N3O3. The number of aryl methyl sites for hydroxylation is 2. The Morgan fingerprint density at radius 3 is 2.79 bits per heavy atom. The summed E-state index contributed by atoms with van der Waals surface area (Å²) in [6.07, 6.45) is 1.96. The number of benzene rings is 1. The van der Waals surface area contributed by atoms with E-state index in [1.807, 2.05) is 24.6 Å². The zero-order valence-corrected chi connectivity index (χ0v) is 10.8. The van der Waals surface area contributed by atoms with Gasteiger partial charge in [-0.25, -0.2) is 0 Å². The Bertz CT molecular complexity index is 661. The van der Waals surface area contributed by atoms with Gasteiger partial charge in [0.25, 0.3) is 0 Å². The van der Waals surface area contributed by atoms with E-state index in [0.29, 0.717) is 11.1 Å². The number of rotatable bonds is 4. The van der Waals surface area contributed by atoms with Gasteiger partial charge in [0.15, 0.2) is 0 Å². The van der Waals surface area contributed by atoms with E-state index >= 15 is 0 Å². The Balaban J connectivity index is 2.62. The predicted octanol–water partition coefficient (Wildman–Crippen LogP) is 1.84. The fourth-order valence-electron chi connectivity index (χ4n) is 2.27. The van der Waals surface area contributed by atoms with Crippen molar-refractivity contribution in [2.24, 2.45) is 18.0 Å². The minimum absolute atomic E-state index is 0.165. The largest absolute Gasteiger partial charge is 0.480 e. The highest BCUT2D eigenvalue weighted by Gasteiger charge is 2.18. The number of aromatic nitrogens is 1. The van der Waals surface area contributed by atoms with Gasteiger partial charge < -0.3 is 15.4 Å². The minimum Gasteiger partial charge on any atom is -0.480 e. The summed E-state index contributed by atoms with van der Waals surface area (Å²) in [5.41, 5.74) is 8.38. The van der Waals surface area contributed by atoms with Crippen LogP contribution < -0.4 is 5.73 Å². The summed E-state index contributed by atoms with van der Waals surface area (Å²) in [7, 11) is 1.84. The third kappa shape index (κ3) is 2.34. The predicted molar refractivity (Wildman–Crippen MR) is 72.4 cm³/mol. The number of nitrogens with two attached hydrogens (primary N) is 1. The molecule has 6 heteroatoms. The highest BCUT2D eigenvalue weighted by Crippen LogP contribution is 2.32. The van der Waals surface area contributed by atoms with Crippen LogP contribution >= 0.6 is 0 Å². The first-order valence-corrected chi connectivity index (χ1v) is 5.84. The molecule has 0 amide bonds. The van der Waals surface area contributed by atoms with Gasteiger partial charge in [0.1, 0.15) is 11.7 Å². The lowest BCUT2D eigenvalue weighted by atomic mass is 10.0. The Morgan fingerprint density at radius 2 is 2.21 bits per heavy atom. The molecule has 0 saturated heterocycles. The molecule has 0 aliphatic carbocycles. The minimum atomic E-state index is -1.07. The molecule has 3 N–H and O–H groups in total. The molecule has 0 spiro atoms. The van der Waals surface area contributed by atoms with E-state index in [9.17, 15) is 9.70 Å². The lowest BCUT2D eigenvalue weighted by Crippen LogP contribution is -2.32. The molecule has 0 radical (unpaired) electrons. The maximum absolute atomic E-state index is 10.9. The molecule has 0 saturated carbocycles. The van der Waals surface area contributed by atoms with Crippen LogP contribution in [0.15, 0.2) is 23.5 Å². The van der Waals surface area contributed by atoms with E-state index in [0.717, 1.165) is 16.6 Å². The summed E-state index contributed by atoms with van der Waals surface area (Å²) in [5, 5.41) is 12.6. The van der Waals surface area contributed by atoms with Crippen LogP contribution in [-0.4, -0.2) is 21.7 Å². The number of nitrogens with zero attached hydrogens (tertiary/aromatic N) is 2. The van der Waals surface area contributed by atoms with Gasteiger partial charge in [0.05, 0.1) is 5.52 Å². The lowest BCUT2D eigenvalue weighted by Gasteiger charge is -2.06. The van der Waals surface area contributed by atoms with Crippen molar-refractivity contribution in [1.82, 2.24) is 4.57 Å². The second-order valence-corrected chi connectivity index (χ2v) is 4.68. The van der Waals surface area contributed by atoms with Crippen molar-refractivity contribution in [1.29, 1.82) is 0 Å². The monoisotopic (exact) mass is 261 g/mol.